The lowest BCUT2D eigenvalue weighted by atomic mass is 9.71. The van der Waals surface area contributed by atoms with E-state index in [1.54, 1.807) is 17.3 Å². The van der Waals surface area contributed by atoms with Gasteiger partial charge in [0, 0.05) is 44.0 Å². The number of carbonyl (C=O) groups excluding carboxylic acids is 2. The predicted octanol–water partition coefficient (Wildman–Crippen LogP) is 2.20. The Kier molecular flexibility index (Phi) is 5.46. The Hall–Kier alpha value is -2.25. The van der Waals surface area contributed by atoms with Crippen LogP contribution in [0, 0.1) is 5.41 Å². The molecule has 1 unspecified atom stereocenters. The number of likely N-dealkylation sites (tertiary alicyclic amines) is 2. The summed E-state index contributed by atoms with van der Waals surface area (Å²) in [4.78, 5) is 33.1. The third-order valence-electron chi connectivity index (χ3n) is 5.94. The minimum Gasteiger partial charge on any atom is -0.391 e. The Morgan fingerprint density at radius 2 is 2.07 bits per heavy atom. The molecule has 2 fully saturated rings. The maximum atomic E-state index is 12.8. The molecule has 4 heterocycles. The fourth-order valence-electron chi connectivity index (χ4n) is 4.45. The van der Waals surface area contributed by atoms with Gasteiger partial charge in [-0.3, -0.25) is 14.6 Å². The van der Waals surface area contributed by atoms with Crippen LogP contribution in [0.2, 0.25) is 0 Å². The van der Waals surface area contributed by atoms with Crippen molar-refractivity contribution in [1.82, 2.24) is 14.8 Å². The number of piperidine rings is 2. The molecule has 2 aliphatic rings. The van der Waals surface area contributed by atoms with Crippen molar-refractivity contribution in [3.63, 3.8) is 0 Å². The van der Waals surface area contributed by atoms with Crippen LogP contribution in [0.3, 0.4) is 0 Å². The van der Waals surface area contributed by atoms with Crippen molar-refractivity contribution in [2.24, 2.45) is 5.41 Å². The van der Waals surface area contributed by atoms with Gasteiger partial charge in [-0.05, 0) is 47.8 Å². The largest absolute Gasteiger partial charge is 0.391 e. The highest BCUT2D eigenvalue weighted by atomic mass is 32.1. The van der Waals surface area contributed by atoms with Gasteiger partial charge in [-0.1, -0.05) is 6.07 Å². The molecule has 0 saturated carbocycles. The van der Waals surface area contributed by atoms with Crippen molar-refractivity contribution in [1.29, 1.82) is 0 Å². The van der Waals surface area contributed by atoms with E-state index >= 15 is 0 Å². The minimum atomic E-state index is -0.509. The molecule has 148 valence electrons. The van der Waals surface area contributed by atoms with E-state index in [4.69, 9.17) is 0 Å². The number of aromatic nitrogens is 1. The summed E-state index contributed by atoms with van der Waals surface area (Å²) >= 11 is 1.53. The van der Waals surface area contributed by atoms with Gasteiger partial charge in [-0.25, -0.2) is 0 Å². The summed E-state index contributed by atoms with van der Waals surface area (Å²) in [5.74, 6) is 0.111. The number of thiophene rings is 1. The van der Waals surface area contributed by atoms with Crippen LogP contribution in [0.4, 0.5) is 0 Å². The predicted molar refractivity (Wildman–Crippen MR) is 107 cm³/mol. The average Bonchev–Trinajstić information content (AvgIpc) is 3.23. The van der Waals surface area contributed by atoms with Crippen LogP contribution in [0.1, 0.15) is 35.2 Å². The maximum Gasteiger partial charge on any atom is 0.254 e. The summed E-state index contributed by atoms with van der Waals surface area (Å²) in [6.45, 7) is 2.39. The second-order valence-corrected chi connectivity index (χ2v) is 8.75. The number of aliphatic hydroxyl groups excluding tert-OH is 1. The maximum absolute atomic E-state index is 12.8. The van der Waals surface area contributed by atoms with Crippen LogP contribution in [-0.4, -0.2) is 64.0 Å². The van der Waals surface area contributed by atoms with Gasteiger partial charge in [0.1, 0.15) is 0 Å². The zero-order valence-corrected chi connectivity index (χ0v) is 16.6. The number of amides is 2. The topological polar surface area (TPSA) is 73.7 Å². The fourth-order valence-corrected chi connectivity index (χ4v) is 5.08. The molecule has 4 rings (SSSR count). The van der Waals surface area contributed by atoms with Gasteiger partial charge < -0.3 is 14.9 Å². The van der Waals surface area contributed by atoms with Gasteiger partial charge in [0.2, 0.25) is 5.91 Å². The van der Waals surface area contributed by atoms with Crippen LogP contribution < -0.4 is 0 Å². The first-order valence-corrected chi connectivity index (χ1v) is 10.7. The molecule has 28 heavy (non-hydrogen) atoms. The Balaban J connectivity index is 1.39. The van der Waals surface area contributed by atoms with E-state index in [1.807, 2.05) is 33.9 Å². The molecule has 0 aromatic carbocycles. The van der Waals surface area contributed by atoms with Crippen LogP contribution >= 0.6 is 11.3 Å². The molecule has 2 saturated heterocycles. The third-order valence-corrected chi connectivity index (χ3v) is 6.62. The van der Waals surface area contributed by atoms with Crippen LogP contribution in [0.15, 0.2) is 41.4 Å². The standard InChI is InChI=1S/C21H25N3O3S/c25-18-11-21(4-7-23(8-5-21)20(27)17-3-9-28-14-17)15-24(13-18)19(26)10-16-2-1-6-22-12-16/h1-3,6,9,12,14,18,25H,4-5,7-8,10-11,13,15H2. The molecule has 0 bridgehead atoms. The summed E-state index contributed by atoms with van der Waals surface area (Å²) in [6.07, 6.45) is 5.53. The zero-order chi connectivity index (χ0) is 19.6. The molecule has 1 atom stereocenters. The number of pyridine rings is 1. The first kappa shape index (κ1) is 19.1. The van der Waals surface area contributed by atoms with E-state index in [1.165, 1.54) is 11.3 Å². The Morgan fingerprint density at radius 3 is 2.75 bits per heavy atom. The van der Waals surface area contributed by atoms with Gasteiger partial charge in [-0.15, -0.1) is 0 Å². The molecule has 1 N–H and O–H groups in total. The van der Waals surface area contributed by atoms with E-state index in [-0.39, 0.29) is 17.2 Å². The van der Waals surface area contributed by atoms with E-state index in [9.17, 15) is 14.7 Å². The minimum absolute atomic E-state index is 0.0305. The van der Waals surface area contributed by atoms with E-state index < -0.39 is 6.10 Å². The van der Waals surface area contributed by atoms with Crippen LogP contribution in [0.25, 0.3) is 0 Å². The van der Waals surface area contributed by atoms with E-state index in [2.05, 4.69) is 4.98 Å². The van der Waals surface area contributed by atoms with Crippen molar-refractivity contribution >= 4 is 23.2 Å². The number of hydrogen-bond donors (Lipinski definition) is 1. The van der Waals surface area contributed by atoms with Crippen molar-refractivity contribution in [3.05, 3.63) is 52.5 Å². The molecule has 2 aromatic heterocycles. The van der Waals surface area contributed by atoms with Crippen LogP contribution in [0.5, 0.6) is 0 Å². The molecule has 1 spiro atoms. The summed E-state index contributed by atoms with van der Waals surface area (Å²) in [5, 5.41) is 14.3. The fraction of sp³-hybridized carbons (Fsp3) is 0.476. The Bertz CT molecular complexity index is 817. The molecule has 2 amide bonds. The van der Waals surface area contributed by atoms with Gasteiger partial charge in [0.15, 0.2) is 0 Å². The molecule has 2 aromatic rings. The number of nitrogens with zero attached hydrogens (tertiary/aromatic N) is 3. The number of carbonyl (C=O) groups is 2. The van der Waals surface area contributed by atoms with Gasteiger partial charge in [-0.2, -0.15) is 11.3 Å². The van der Waals surface area contributed by atoms with Crippen molar-refractivity contribution in [2.75, 3.05) is 26.2 Å². The van der Waals surface area contributed by atoms with Gasteiger partial charge in [0.25, 0.3) is 5.91 Å². The highest BCUT2D eigenvalue weighted by molar-refractivity contribution is 7.08. The quantitative estimate of drug-likeness (QED) is 0.859. The number of β-amino-alcohol motifs (C(OH)–C–C–N with tert-alkyl or cyclic N) is 1. The van der Waals surface area contributed by atoms with Crippen LogP contribution in [-0.2, 0) is 11.2 Å². The molecule has 2 aliphatic heterocycles. The normalized spacial score (nSPS) is 21.7. The molecule has 7 heteroatoms. The number of hydrogen-bond acceptors (Lipinski definition) is 5. The smallest absolute Gasteiger partial charge is 0.254 e. The van der Waals surface area contributed by atoms with Crippen molar-refractivity contribution < 1.29 is 14.7 Å². The molecule has 0 aliphatic carbocycles. The summed E-state index contributed by atoms with van der Waals surface area (Å²) in [7, 11) is 0. The third kappa shape index (κ3) is 4.10. The summed E-state index contributed by atoms with van der Waals surface area (Å²) < 4.78 is 0. The first-order valence-electron chi connectivity index (χ1n) is 9.71. The lowest BCUT2D eigenvalue weighted by Crippen LogP contribution is -2.56. The van der Waals surface area contributed by atoms with E-state index in [0.717, 1.165) is 24.0 Å². The van der Waals surface area contributed by atoms with Crippen molar-refractivity contribution in [2.45, 2.75) is 31.8 Å². The zero-order valence-electron chi connectivity index (χ0n) is 15.8. The second-order valence-electron chi connectivity index (χ2n) is 7.97. The average molecular weight is 400 g/mol. The lowest BCUT2D eigenvalue weighted by molar-refractivity contribution is -0.139. The molecular formula is C21H25N3O3S. The highest BCUT2D eigenvalue weighted by Gasteiger charge is 2.43. The Labute approximate surface area is 168 Å². The number of rotatable bonds is 3. The SMILES string of the molecule is O=C(Cc1cccnc1)N1CC(O)CC2(CCN(C(=O)c3ccsc3)CC2)C1. The summed E-state index contributed by atoms with van der Waals surface area (Å²) in [6, 6.07) is 5.59. The summed E-state index contributed by atoms with van der Waals surface area (Å²) in [5.41, 5.74) is 1.53. The lowest BCUT2D eigenvalue weighted by Gasteiger charge is -2.49. The Morgan fingerprint density at radius 1 is 1.25 bits per heavy atom. The van der Waals surface area contributed by atoms with E-state index in [0.29, 0.717) is 39.0 Å². The number of aliphatic hydroxyl groups is 1. The molecular weight excluding hydrogens is 374 g/mol. The monoisotopic (exact) mass is 399 g/mol. The van der Waals surface area contributed by atoms with Gasteiger partial charge >= 0.3 is 0 Å². The first-order chi connectivity index (χ1) is 13.5. The second kappa shape index (κ2) is 8.01. The van der Waals surface area contributed by atoms with Crippen molar-refractivity contribution in [3.8, 4) is 0 Å². The molecule has 0 radical (unpaired) electrons. The molecule has 6 nitrogen and oxygen atoms in total. The highest BCUT2D eigenvalue weighted by Crippen LogP contribution is 2.40. The van der Waals surface area contributed by atoms with Gasteiger partial charge in [0.05, 0.1) is 18.1 Å².